The van der Waals surface area contributed by atoms with E-state index in [-0.39, 0.29) is 24.0 Å². The van der Waals surface area contributed by atoms with Crippen LogP contribution < -0.4 is 10.6 Å². The van der Waals surface area contributed by atoms with Crippen molar-refractivity contribution in [2.24, 2.45) is 4.99 Å². The first kappa shape index (κ1) is 22.9. The lowest BCUT2D eigenvalue weighted by atomic mass is 9.99. The van der Waals surface area contributed by atoms with Crippen molar-refractivity contribution in [1.82, 2.24) is 20.8 Å². The summed E-state index contributed by atoms with van der Waals surface area (Å²) in [5.41, 5.74) is 2.07. The molecule has 2 rings (SSSR count). The van der Waals surface area contributed by atoms with E-state index >= 15 is 0 Å². The first-order chi connectivity index (χ1) is 12.1. The van der Waals surface area contributed by atoms with E-state index in [0.717, 1.165) is 41.0 Å². The van der Waals surface area contributed by atoms with Crippen LogP contribution in [-0.4, -0.2) is 23.1 Å². The van der Waals surface area contributed by atoms with Crippen molar-refractivity contribution in [2.45, 2.75) is 65.5 Å². The van der Waals surface area contributed by atoms with Crippen LogP contribution in [0.15, 0.2) is 21.0 Å². The third-order valence-electron chi connectivity index (χ3n) is 4.14. The molecule has 0 fully saturated rings. The van der Waals surface area contributed by atoms with E-state index in [0.29, 0.717) is 24.9 Å². The van der Waals surface area contributed by atoms with Crippen LogP contribution in [0.2, 0.25) is 0 Å². The average Bonchev–Trinajstić information content (AvgIpc) is 3.26. The largest absolute Gasteiger partial charge is 0.359 e. The second kappa shape index (κ2) is 11.5. The van der Waals surface area contributed by atoms with Crippen LogP contribution in [0.4, 0.5) is 0 Å². The number of rotatable bonds is 8. The zero-order chi connectivity index (χ0) is 18.2. The molecule has 0 radical (unpaired) electrons. The second-order valence-electron chi connectivity index (χ2n) is 6.34. The molecule has 2 aromatic rings. The number of nitrogens with one attached hydrogen (secondary N) is 2. The number of nitrogens with zero attached hydrogens (tertiary/aromatic N) is 3. The van der Waals surface area contributed by atoms with E-state index in [2.05, 4.69) is 58.8 Å². The molecule has 0 saturated heterocycles. The molecule has 0 saturated carbocycles. The van der Waals surface area contributed by atoms with Gasteiger partial charge in [0.2, 0.25) is 0 Å². The van der Waals surface area contributed by atoms with E-state index in [1.165, 1.54) is 0 Å². The summed E-state index contributed by atoms with van der Waals surface area (Å²) in [6.07, 6.45) is 2.15. The van der Waals surface area contributed by atoms with E-state index < -0.39 is 0 Å². The Morgan fingerprint density at radius 1 is 1.23 bits per heavy atom. The predicted molar refractivity (Wildman–Crippen MR) is 118 cm³/mol. The SMILES string of the molecule is CCC(CC)c1cc(CNC(=NC)NCc2csc(C(C)C)n2)on1.I. The Bertz CT molecular complexity index is 679. The van der Waals surface area contributed by atoms with Gasteiger partial charge in [-0.3, -0.25) is 4.99 Å². The van der Waals surface area contributed by atoms with Gasteiger partial charge in [0.05, 0.1) is 29.5 Å². The molecule has 2 heterocycles. The van der Waals surface area contributed by atoms with Crippen molar-refractivity contribution in [2.75, 3.05) is 7.05 Å². The fourth-order valence-corrected chi connectivity index (χ4v) is 3.38. The van der Waals surface area contributed by atoms with Crippen LogP contribution >= 0.6 is 35.3 Å². The van der Waals surface area contributed by atoms with Gasteiger partial charge in [0.15, 0.2) is 11.7 Å². The number of thiazole rings is 1. The van der Waals surface area contributed by atoms with Gasteiger partial charge in [-0.15, -0.1) is 35.3 Å². The number of aromatic nitrogens is 2. The van der Waals surface area contributed by atoms with Crippen LogP contribution in [0.25, 0.3) is 0 Å². The summed E-state index contributed by atoms with van der Waals surface area (Å²) in [6.45, 7) is 9.87. The molecule has 0 atom stereocenters. The van der Waals surface area contributed by atoms with Crippen molar-refractivity contribution in [3.63, 3.8) is 0 Å². The van der Waals surface area contributed by atoms with E-state index in [1.54, 1.807) is 18.4 Å². The van der Waals surface area contributed by atoms with Crippen LogP contribution in [-0.2, 0) is 13.1 Å². The predicted octanol–water partition coefficient (Wildman–Crippen LogP) is 4.64. The Morgan fingerprint density at radius 2 is 1.92 bits per heavy atom. The number of hydrogen-bond donors (Lipinski definition) is 2. The fraction of sp³-hybridized carbons (Fsp3) is 0.611. The van der Waals surface area contributed by atoms with Gasteiger partial charge < -0.3 is 15.2 Å². The molecule has 0 spiro atoms. The van der Waals surface area contributed by atoms with Gasteiger partial charge in [0, 0.05) is 30.3 Å². The van der Waals surface area contributed by atoms with Gasteiger partial charge >= 0.3 is 0 Å². The van der Waals surface area contributed by atoms with Crippen molar-refractivity contribution >= 4 is 41.3 Å². The molecule has 146 valence electrons. The minimum absolute atomic E-state index is 0. The van der Waals surface area contributed by atoms with Crippen LogP contribution in [0.5, 0.6) is 0 Å². The zero-order valence-electron chi connectivity index (χ0n) is 16.2. The zero-order valence-corrected chi connectivity index (χ0v) is 19.4. The number of halogens is 1. The highest BCUT2D eigenvalue weighted by Gasteiger charge is 2.13. The minimum Gasteiger partial charge on any atom is -0.359 e. The fourth-order valence-electron chi connectivity index (χ4n) is 2.55. The Kier molecular flexibility index (Phi) is 10.1. The lowest BCUT2D eigenvalue weighted by molar-refractivity contribution is 0.368. The summed E-state index contributed by atoms with van der Waals surface area (Å²) in [6, 6.07) is 2.04. The molecular weight excluding hydrogens is 461 g/mol. The Hall–Kier alpha value is -1.16. The van der Waals surface area contributed by atoms with Crippen molar-refractivity contribution < 1.29 is 4.52 Å². The van der Waals surface area contributed by atoms with Gasteiger partial charge in [-0.1, -0.05) is 32.9 Å². The quantitative estimate of drug-likeness (QED) is 0.320. The third kappa shape index (κ3) is 6.53. The van der Waals surface area contributed by atoms with Crippen molar-refractivity contribution in [3.05, 3.63) is 33.6 Å². The minimum atomic E-state index is 0. The lowest BCUT2D eigenvalue weighted by Gasteiger charge is -2.09. The highest BCUT2D eigenvalue weighted by molar-refractivity contribution is 14.0. The standard InChI is InChI=1S/C18H29N5OS.HI/c1-6-13(7-2)16-8-15(24-23-16)10-21-18(19-5)20-9-14-11-25-17(22-14)12(3)4;/h8,11-13H,6-7,9-10H2,1-5H3,(H2,19,20,21);1H. The summed E-state index contributed by atoms with van der Waals surface area (Å²) in [4.78, 5) is 8.86. The van der Waals surface area contributed by atoms with Crippen molar-refractivity contribution in [1.29, 1.82) is 0 Å². The Balaban J connectivity index is 0.00000338. The summed E-state index contributed by atoms with van der Waals surface area (Å²) in [5.74, 6) is 2.47. The molecule has 0 aliphatic carbocycles. The topological polar surface area (TPSA) is 75.3 Å². The molecule has 0 bridgehead atoms. The van der Waals surface area contributed by atoms with Crippen LogP contribution in [0, 0.1) is 0 Å². The Labute approximate surface area is 177 Å². The van der Waals surface area contributed by atoms with Crippen LogP contribution in [0.1, 0.15) is 74.5 Å². The van der Waals surface area contributed by atoms with Crippen molar-refractivity contribution in [3.8, 4) is 0 Å². The number of aliphatic imine (C=N–C) groups is 1. The molecule has 0 aliphatic heterocycles. The molecule has 8 heteroatoms. The third-order valence-corrected chi connectivity index (χ3v) is 5.33. The highest BCUT2D eigenvalue weighted by Crippen LogP contribution is 2.22. The summed E-state index contributed by atoms with van der Waals surface area (Å²) in [5, 5.41) is 14.0. The molecule has 0 aromatic carbocycles. The monoisotopic (exact) mass is 491 g/mol. The van der Waals surface area contributed by atoms with E-state index in [9.17, 15) is 0 Å². The molecule has 0 aliphatic rings. The average molecular weight is 491 g/mol. The summed E-state index contributed by atoms with van der Waals surface area (Å²) >= 11 is 1.70. The van der Waals surface area contributed by atoms with E-state index in [1.807, 2.05) is 6.07 Å². The maximum absolute atomic E-state index is 5.43. The number of guanidine groups is 1. The summed E-state index contributed by atoms with van der Waals surface area (Å²) in [7, 11) is 1.76. The Morgan fingerprint density at radius 3 is 2.50 bits per heavy atom. The molecule has 0 amide bonds. The first-order valence-corrected chi connectivity index (χ1v) is 9.79. The van der Waals surface area contributed by atoms with Crippen LogP contribution in [0.3, 0.4) is 0 Å². The maximum atomic E-state index is 5.43. The van der Waals surface area contributed by atoms with Gasteiger partial charge in [-0.25, -0.2) is 4.98 Å². The molecular formula is C18H30IN5OS. The highest BCUT2D eigenvalue weighted by atomic mass is 127. The molecule has 2 aromatic heterocycles. The molecule has 26 heavy (non-hydrogen) atoms. The first-order valence-electron chi connectivity index (χ1n) is 8.91. The normalized spacial score (nSPS) is 11.7. The lowest BCUT2D eigenvalue weighted by Crippen LogP contribution is -2.36. The molecule has 2 N–H and O–H groups in total. The maximum Gasteiger partial charge on any atom is 0.191 e. The van der Waals surface area contributed by atoms with Gasteiger partial charge in [0.1, 0.15) is 0 Å². The van der Waals surface area contributed by atoms with Gasteiger partial charge in [-0.05, 0) is 12.8 Å². The molecule has 6 nitrogen and oxygen atoms in total. The van der Waals surface area contributed by atoms with Gasteiger partial charge in [0.25, 0.3) is 0 Å². The second-order valence-corrected chi connectivity index (χ2v) is 7.23. The molecule has 0 unspecified atom stereocenters. The van der Waals surface area contributed by atoms with E-state index in [4.69, 9.17) is 4.52 Å². The smallest absolute Gasteiger partial charge is 0.191 e. The van der Waals surface area contributed by atoms with Gasteiger partial charge in [-0.2, -0.15) is 0 Å². The summed E-state index contributed by atoms with van der Waals surface area (Å²) < 4.78 is 5.43. The number of hydrogen-bond acceptors (Lipinski definition) is 5.